The Morgan fingerprint density at radius 3 is 1.73 bits per heavy atom. The van der Waals surface area contributed by atoms with Crippen LogP contribution in [0.4, 0.5) is 5.69 Å². The van der Waals surface area contributed by atoms with Crippen LogP contribution >= 0.6 is 0 Å². The Morgan fingerprint density at radius 1 is 0.818 bits per heavy atom. The van der Waals surface area contributed by atoms with Crippen molar-refractivity contribution in [3.63, 3.8) is 0 Å². The number of ether oxygens (including phenoxy) is 1. The maximum Gasteiger partial charge on any atom is 0.410 e. The van der Waals surface area contributed by atoms with Crippen molar-refractivity contribution in [3.05, 3.63) is 58.7 Å². The van der Waals surface area contributed by atoms with Gasteiger partial charge in [0.05, 0.1) is 5.69 Å². The van der Waals surface area contributed by atoms with Crippen LogP contribution in [0.15, 0.2) is 36.4 Å². The highest BCUT2D eigenvalue weighted by Crippen LogP contribution is 2.34. The molecule has 0 fully saturated rings. The molecular weight excluding hydrogens is 438 g/mol. The van der Waals surface area contributed by atoms with Gasteiger partial charge >= 0.3 is 16.3 Å². The predicted molar refractivity (Wildman–Crippen MR) is 133 cm³/mol. The molecule has 2 rings (SSSR count). The molecule has 0 saturated heterocycles. The van der Waals surface area contributed by atoms with Gasteiger partial charge in [0.15, 0.2) is 6.61 Å². The van der Waals surface area contributed by atoms with E-state index in [2.05, 4.69) is 10.8 Å². The van der Waals surface area contributed by atoms with E-state index in [1.807, 2.05) is 73.6 Å². The molecular formula is C26H37NO5S. The highest BCUT2D eigenvalue weighted by molar-refractivity contribution is 7.88. The number of benzene rings is 2. The molecule has 0 bridgehead atoms. The van der Waals surface area contributed by atoms with Crippen LogP contribution in [-0.4, -0.2) is 21.0 Å². The summed E-state index contributed by atoms with van der Waals surface area (Å²) in [7, 11) is -4.36. The van der Waals surface area contributed by atoms with Crippen LogP contribution in [0.25, 0.3) is 0 Å². The maximum absolute atomic E-state index is 12.5. The van der Waals surface area contributed by atoms with Gasteiger partial charge in [-0.2, -0.15) is 8.42 Å². The summed E-state index contributed by atoms with van der Waals surface area (Å²) < 4.78 is 38.0. The molecule has 7 heteroatoms. The molecule has 33 heavy (non-hydrogen) atoms. The Labute approximate surface area is 199 Å². The van der Waals surface area contributed by atoms with Gasteiger partial charge in [-0.25, -0.2) is 4.79 Å². The molecule has 6 nitrogen and oxygen atoms in total. The third kappa shape index (κ3) is 7.49. The lowest BCUT2D eigenvalue weighted by molar-refractivity contribution is -0.136. The standard InChI is InChI=1S/C26H37NO5S/c1-16(2)20-12-21(17(3)4)14-22(13-20)27-33(29,30)32-25(28)15-31-26-23(18(5)6)10-9-11-24(26)19(7)8/h9-14,16-19,27H,15H2,1-8H3. The highest BCUT2D eigenvalue weighted by Gasteiger charge is 2.21. The van der Waals surface area contributed by atoms with E-state index in [1.54, 1.807) is 12.1 Å². The summed E-state index contributed by atoms with van der Waals surface area (Å²) in [4.78, 5) is 12.4. The minimum atomic E-state index is -4.36. The molecule has 0 saturated carbocycles. The van der Waals surface area contributed by atoms with Gasteiger partial charge < -0.3 is 8.92 Å². The molecule has 0 radical (unpaired) electrons. The minimum absolute atomic E-state index is 0.184. The predicted octanol–water partition coefficient (Wildman–Crippen LogP) is 6.46. The van der Waals surface area contributed by atoms with Crippen LogP contribution in [0.3, 0.4) is 0 Å². The molecule has 0 aromatic heterocycles. The monoisotopic (exact) mass is 475 g/mol. The zero-order valence-corrected chi connectivity index (χ0v) is 21.7. The molecule has 0 atom stereocenters. The summed E-state index contributed by atoms with van der Waals surface area (Å²) >= 11 is 0. The molecule has 182 valence electrons. The number of carbonyl (C=O) groups excluding carboxylic acids is 1. The summed E-state index contributed by atoms with van der Waals surface area (Å²) in [6.45, 7) is 15.8. The lowest BCUT2D eigenvalue weighted by Gasteiger charge is -2.19. The Bertz CT molecular complexity index is 1020. The lowest BCUT2D eigenvalue weighted by atomic mass is 9.94. The van der Waals surface area contributed by atoms with E-state index in [1.165, 1.54) is 0 Å². The molecule has 0 aliphatic rings. The molecule has 2 aromatic carbocycles. The third-order valence-electron chi connectivity index (χ3n) is 5.41. The molecule has 2 aromatic rings. The summed E-state index contributed by atoms with van der Waals surface area (Å²) in [6, 6.07) is 11.4. The van der Waals surface area contributed by atoms with E-state index in [0.717, 1.165) is 22.3 Å². The Balaban J connectivity index is 2.16. The number of hydrogen-bond donors (Lipinski definition) is 1. The Kier molecular flexibility index (Phi) is 8.95. The lowest BCUT2D eigenvalue weighted by Crippen LogP contribution is -2.24. The van der Waals surface area contributed by atoms with E-state index in [4.69, 9.17) is 8.92 Å². The largest absolute Gasteiger partial charge is 0.481 e. The number of anilines is 1. The minimum Gasteiger partial charge on any atom is -0.481 e. The summed E-state index contributed by atoms with van der Waals surface area (Å²) in [5.74, 6) is 0.432. The first-order valence-corrected chi connectivity index (χ1v) is 12.9. The molecule has 0 aliphatic carbocycles. The van der Waals surface area contributed by atoms with Gasteiger partial charge in [0.2, 0.25) is 0 Å². The average Bonchev–Trinajstić information content (AvgIpc) is 2.70. The van der Waals surface area contributed by atoms with E-state index in [0.29, 0.717) is 11.4 Å². The fourth-order valence-electron chi connectivity index (χ4n) is 3.49. The molecule has 1 N–H and O–H groups in total. The molecule has 0 unspecified atom stereocenters. The molecule has 0 heterocycles. The second-order valence-corrected chi connectivity index (χ2v) is 10.9. The van der Waals surface area contributed by atoms with Crippen LogP contribution in [-0.2, 0) is 19.3 Å². The SMILES string of the molecule is CC(C)c1cc(NS(=O)(=O)OC(=O)COc2c(C(C)C)cccc2C(C)C)cc(C(C)C)c1. The summed E-state index contributed by atoms with van der Waals surface area (Å²) in [5.41, 5.74) is 4.29. The molecule has 0 aliphatic heterocycles. The van der Waals surface area contributed by atoms with Crippen LogP contribution < -0.4 is 9.46 Å². The first-order chi connectivity index (χ1) is 15.3. The topological polar surface area (TPSA) is 81.7 Å². The van der Waals surface area contributed by atoms with Gasteiger partial charge in [0.25, 0.3) is 0 Å². The normalized spacial score (nSPS) is 12.0. The third-order valence-corrected chi connectivity index (χ3v) is 6.30. The van der Waals surface area contributed by atoms with Gasteiger partial charge in [-0.15, -0.1) is 0 Å². The van der Waals surface area contributed by atoms with E-state index >= 15 is 0 Å². The van der Waals surface area contributed by atoms with Crippen molar-refractivity contribution in [3.8, 4) is 5.75 Å². The van der Waals surface area contributed by atoms with Crippen LogP contribution in [0.2, 0.25) is 0 Å². The number of para-hydroxylation sites is 1. The zero-order valence-electron chi connectivity index (χ0n) is 20.9. The Hall–Kier alpha value is -2.54. The van der Waals surface area contributed by atoms with Crippen molar-refractivity contribution in [1.29, 1.82) is 0 Å². The quantitative estimate of drug-likeness (QED) is 0.426. The Morgan fingerprint density at radius 2 is 1.30 bits per heavy atom. The van der Waals surface area contributed by atoms with Gasteiger partial charge in [0, 0.05) is 0 Å². The van der Waals surface area contributed by atoms with Crippen LogP contribution in [0.5, 0.6) is 5.75 Å². The van der Waals surface area contributed by atoms with Crippen molar-refractivity contribution in [2.45, 2.75) is 79.1 Å². The number of rotatable bonds is 10. The van der Waals surface area contributed by atoms with Crippen molar-refractivity contribution in [2.24, 2.45) is 0 Å². The summed E-state index contributed by atoms with van der Waals surface area (Å²) in [6.07, 6.45) is 0. The molecule has 0 amide bonds. The second kappa shape index (κ2) is 11.1. The number of hydrogen-bond acceptors (Lipinski definition) is 5. The van der Waals surface area contributed by atoms with Gasteiger partial charge in [0.1, 0.15) is 5.75 Å². The van der Waals surface area contributed by atoms with Gasteiger partial charge in [-0.1, -0.05) is 79.7 Å². The number of carbonyl (C=O) groups is 1. The van der Waals surface area contributed by atoms with Crippen molar-refractivity contribution >= 4 is 22.0 Å². The van der Waals surface area contributed by atoms with Crippen molar-refractivity contribution in [2.75, 3.05) is 11.3 Å². The second-order valence-electron chi connectivity index (χ2n) is 9.57. The smallest absolute Gasteiger partial charge is 0.410 e. The van der Waals surface area contributed by atoms with Crippen molar-refractivity contribution < 1.29 is 22.1 Å². The fourth-order valence-corrected chi connectivity index (χ4v) is 4.24. The van der Waals surface area contributed by atoms with Gasteiger partial charge in [-0.05, 0) is 58.1 Å². The van der Waals surface area contributed by atoms with Crippen LogP contribution in [0.1, 0.15) is 101 Å². The fraction of sp³-hybridized carbons (Fsp3) is 0.500. The van der Waals surface area contributed by atoms with Crippen LogP contribution in [0, 0.1) is 0 Å². The van der Waals surface area contributed by atoms with Gasteiger partial charge in [-0.3, -0.25) is 4.72 Å². The number of nitrogens with one attached hydrogen (secondary N) is 1. The highest BCUT2D eigenvalue weighted by atomic mass is 32.2. The van der Waals surface area contributed by atoms with E-state index in [9.17, 15) is 13.2 Å². The average molecular weight is 476 g/mol. The maximum atomic E-state index is 12.5. The van der Waals surface area contributed by atoms with Crippen molar-refractivity contribution in [1.82, 2.24) is 0 Å². The zero-order chi connectivity index (χ0) is 24.9. The van der Waals surface area contributed by atoms with E-state index in [-0.39, 0.29) is 23.7 Å². The molecule has 0 spiro atoms. The first-order valence-electron chi connectivity index (χ1n) is 11.5. The summed E-state index contributed by atoms with van der Waals surface area (Å²) in [5, 5.41) is 0. The van der Waals surface area contributed by atoms with E-state index < -0.39 is 22.9 Å². The first kappa shape index (κ1) is 26.7.